The van der Waals surface area contributed by atoms with Gasteiger partial charge in [-0.05, 0) is 24.0 Å². The molecule has 1 aliphatic heterocycles. The number of nitrogens with zero attached hydrogens (tertiary/aromatic N) is 2. The van der Waals surface area contributed by atoms with Crippen molar-refractivity contribution in [3.8, 4) is 0 Å². The van der Waals surface area contributed by atoms with Crippen molar-refractivity contribution < 1.29 is 9.90 Å². The monoisotopic (exact) mass is 291 g/mol. The fraction of sp³-hybridized carbons (Fsp3) is 0.562. The van der Waals surface area contributed by atoms with Gasteiger partial charge in [-0.3, -0.25) is 0 Å². The van der Waals surface area contributed by atoms with Crippen LogP contribution in [0.15, 0.2) is 24.3 Å². The van der Waals surface area contributed by atoms with Gasteiger partial charge in [-0.1, -0.05) is 24.3 Å². The lowest BCUT2D eigenvalue weighted by molar-refractivity contribution is 0.152. The van der Waals surface area contributed by atoms with E-state index in [4.69, 9.17) is 5.11 Å². The Morgan fingerprint density at radius 1 is 1.33 bits per heavy atom. The molecule has 0 atom stereocenters. The highest BCUT2D eigenvalue weighted by Gasteiger charge is 2.23. The van der Waals surface area contributed by atoms with Crippen LogP contribution in [0.1, 0.15) is 24.0 Å². The van der Waals surface area contributed by atoms with E-state index in [-0.39, 0.29) is 12.6 Å². The molecule has 2 rings (SSSR count). The molecule has 5 nitrogen and oxygen atoms in total. The van der Waals surface area contributed by atoms with Crippen LogP contribution < -0.4 is 5.32 Å². The van der Waals surface area contributed by atoms with Crippen molar-refractivity contribution in [1.29, 1.82) is 0 Å². The second-order valence-corrected chi connectivity index (χ2v) is 5.80. The Balaban J connectivity index is 1.77. The smallest absolute Gasteiger partial charge is 0.319 e. The van der Waals surface area contributed by atoms with E-state index >= 15 is 0 Å². The van der Waals surface area contributed by atoms with Gasteiger partial charge >= 0.3 is 6.03 Å². The van der Waals surface area contributed by atoms with Gasteiger partial charge in [0.1, 0.15) is 0 Å². The number of hydrogen-bond donors (Lipinski definition) is 2. The lowest BCUT2D eigenvalue weighted by atomic mass is 10.0. The average molecular weight is 291 g/mol. The number of aliphatic hydroxyl groups is 1. The van der Waals surface area contributed by atoms with Crippen molar-refractivity contribution in [1.82, 2.24) is 15.1 Å². The third kappa shape index (κ3) is 4.44. The number of rotatable bonds is 4. The van der Waals surface area contributed by atoms with E-state index in [1.807, 2.05) is 23.1 Å². The number of hydrogen-bond acceptors (Lipinski definition) is 3. The van der Waals surface area contributed by atoms with Crippen LogP contribution in [0.3, 0.4) is 0 Å². The summed E-state index contributed by atoms with van der Waals surface area (Å²) in [6.07, 6.45) is 1.97. The van der Waals surface area contributed by atoms with E-state index < -0.39 is 0 Å². The van der Waals surface area contributed by atoms with Crippen LogP contribution in [-0.4, -0.2) is 54.2 Å². The molecular formula is C16H25N3O2. The molecular weight excluding hydrogens is 266 g/mol. The van der Waals surface area contributed by atoms with Crippen LogP contribution in [0.2, 0.25) is 0 Å². The third-order valence-corrected chi connectivity index (χ3v) is 3.92. The molecule has 1 aliphatic rings. The number of amides is 2. The fourth-order valence-electron chi connectivity index (χ4n) is 2.66. The quantitative estimate of drug-likeness (QED) is 0.882. The molecule has 0 bridgehead atoms. The summed E-state index contributed by atoms with van der Waals surface area (Å²) in [5, 5.41) is 12.7. The number of nitrogens with one attached hydrogen (secondary N) is 1. The van der Waals surface area contributed by atoms with Crippen LogP contribution in [0.4, 0.5) is 4.79 Å². The normalized spacial score (nSPS) is 16.0. The molecule has 1 saturated heterocycles. The zero-order valence-electron chi connectivity index (χ0n) is 12.9. The SMILES string of the molecule is CN(C)C(=O)N1CCC(NCc2cccc(CO)c2)CC1. The lowest BCUT2D eigenvalue weighted by Crippen LogP contribution is -2.47. The molecule has 0 aromatic heterocycles. The highest BCUT2D eigenvalue weighted by Crippen LogP contribution is 2.13. The van der Waals surface area contributed by atoms with Crippen LogP contribution in [0.25, 0.3) is 0 Å². The van der Waals surface area contributed by atoms with Crippen molar-refractivity contribution in [3.05, 3.63) is 35.4 Å². The maximum absolute atomic E-state index is 11.9. The molecule has 1 aromatic rings. The maximum atomic E-state index is 11.9. The van der Waals surface area contributed by atoms with Crippen LogP contribution in [0, 0.1) is 0 Å². The number of carbonyl (C=O) groups excluding carboxylic acids is 1. The van der Waals surface area contributed by atoms with E-state index in [0.717, 1.165) is 38.0 Å². The molecule has 0 aliphatic carbocycles. The number of carbonyl (C=O) groups is 1. The summed E-state index contributed by atoms with van der Waals surface area (Å²) in [6, 6.07) is 8.54. The first kappa shape index (κ1) is 15.8. The summed E-state index contributed by atoms with van der Waals surface area (Å²) in [5.74, 6) is 0. The highest BCUT2D eigenvalue weighted by molar-refractivity contribution is 5.73. The number of likely N-dealkylation sites (tertiary alicyclic amines) is 1. The van der Waals surface area contributed by atoms with Gasteiger partial charge in [-0.2, -0.15) is 0 Å². The predicted molar refractivity (Wildman–Crippen MR) is 82.9 cm³/mol. The molecule has 0 unspecified atom stereocenters. The molecule has 0 saturated carbocycles. The molecule has 116 valence electrons. The predicted octanol–water partition coefficient (Wildman–Crippen LogP) is 1.41. The molecule has 5 heteroatoms. The average Bonchev–Trinajstić information content (AvgIpc) is 2.53. The van der Waals surface area contributed by atoms with Crippen LogP contribution in [-0.2, 0) is 13.2 Å². The standard InChI is InChI=1S/C16H25N3O2/c1-18(2)16(21)19-8-6-15(7-9-19)17-11-13-4-3-5-14(10-13)12-20/h3-5,10,15,17,20H,6-9,11-12H2,1-2H3. The first-order valence-electron chi connectivity index (χ1n) is 7.48. The zero-order valence-corrected chi connectivity index (χ0v) is 12.9. The molecule has 2 N–H and O–H groups in total. The van der Waals surface area contributed by atoms with Gasteiger partial charge in [-0.25, -0.2) is 4.79 Å². The van der Waals surface area contributed by atoms with Gasteiger partial charge in [0.2, 0.25) is 0 Å². The maximum Gasteiger partial charge on any atom is 0.319 e. The molecule has 0 spiro atoms. The topological polar surface area (TPSA) is 55.8 Å². The van der Waals surface area contributed by atoms with Crippen LogP contribution in [0.5, 0.6) is 0 Å². The fourth-order valence-corrected chi connectivity index (χ4v) is 2.66. The number of benzene rings is 1. The van der Waals surface area contributed by atoms with E-state index in [0.29, 0.717) is 6.04 Å². The number of urea groups is 1. The van der Waals surface area contributed by atoms with Crippen molar-refractivity contribution in [3.63, 3.8) is 0 Å². The second kappa shape index (κ2) is 7.43. The van der Waals surface area contributed by atoms with Gasteiger partial charge in [0.25, 0.3) is 0 Å². The van der Waals surface area contributed by atoms with Gasteiger partial charge < -0.3 is 20.2 Å². The zero-order chi connectivity index (χ0) is 15.2. The van der Waals surface area contributed by atoms with E-state index in [2.05, 4.69) is 11.4 Å². The summed E-state index contributed by atoms with van der Waals surface area (Å²) in [6.45, 7) is 2.51. The Labute approximate surface area is 126 Å². The Kier molecular flexibility index (Phi) is 5.59. The van der Waals surface area contributed by atoms with Crippen molar-refractivity contribution in [2.24, 2.45) is 0 Å². The van der Waals surface area contributed by atoms with Gasteiger partial charge in [0.15, 0.2) is 0 Å². The molecule has 1 aromatic carbocycles. The van der Waals surface area contributed by atoms with E-state index in [1.165, 1.54) is 5.56 Å². The van der Waals surface area contributed by atoms with Crippen molar-refractivity contribution in [2.45, 2.75) is 32.0 Å². The Morgan fingerprint density at radius 3 is 2.62 bits per heavy atom. The minimum Gasteiger partial charge on any atom is -0.392 e. The van der Waals surface area contributed by atoms with Gasteiger partial charge in [0, 0.05) is 39.8 Å². The molecule has 21 heavy (non-hydrogen) atoms. The van der Waals surface area contributed by atoms with Gasteiger partial charge in [0.05, 0.1) is 6.61 Å². The summed E-state index contributed by atoms with van der Waals surface area (Å²) in [4.78, 5) is 15.4. The third-order valence-electron chi connectivity index (χ3n) is 3.92. The minimum absolute atomic E-state index is 0.0822. The van der Waals surface area contributed by atoms with Gasteiger partial charge in [-0.15, -0.1) is 0 Å². The molecule has 1 heterocycles. The number of aliphatic hydroxyl groups excluding tert-OH is 1. The van der Waals surface area contributed by atoms with E-state index in [9.17, 15) is 4.79 Å². The Morgan fingerprint density at radius 2 is 2.00 bits per heavy atom. The van der Waals surface area contributed by atoms with E-state index in [1.54, 1.807) is 19.0 Å². The number of piperidine rings is 1. The van der Waals surface area contributed by atoms with Crippen molar-refractivity contribution >= 4 is 6.03 Å². The first-order valence-corrected chi connectivity index (χ1v) is 7.48. The summed E-state index contributed by atoms with van der Waals surface area (Å²) < 4.78 is 0. The Hall–Kier alpha value is -1.59. The first-order chi connectivity index (χ1) is 10.1. The second-order valence-electron chi connectivity index (χ2n) is 5.80. The molecule has 2 amide bonds. The van der Waals surface area contributed by atoms with Crippen LogP contribution >= 0.6 is 0 Å². The lowest BCUT2D eigenvalue weighted by Gasteiger charge is -2.34. The molecule has 0 radical (unpaired) electrons. The summed E-state index contributed by atoms with van der Waals surface area (Å²) >= 11 is 0. The summed E-state index contributed by atoms with van der Waals surface area (Å²) in [5.41, 5.74) is 2.13. The molecule has 1 fully saturated rings. The highest BCUT2D eigenvalue weighted by atomic mass is 16.3. The summed E-state index contributed by atoms with van der Waals surface area (Å²) in [7, 11) is 3.58. The Bertz CT molecular complexity index is 468. The van der Waals surface area contributed by atoms with Crippen molar-refractivity contribution in [2.75, 3.05) is 27.2 Å². The largest absolute Gasteiger partial charge is 0.392 e. The minimum atomic E-state index is 0.0822.